The summed E-state index contributed by atoms with van der Waals surface area (Å²) in [6.45, 7) is 5.73. The summed E-state index contributed by atoms with van der Waals surface area (Å²) in [5.41, 5.74) is 3.87. The first kappa shape index (κ1) is 29.4. The molecule has 2 heterocycles. The van der Waals surface area contributed by atoms with Gasteiger partial charge in [0.25, 0.3) is 0 Å². The third-order valence-electron chi connectivity index (χ3n) is 7.05. The van der Waals surface area contributed by atoms with E-state index in [1.165, 1.54) is 11.8 Å². The molecule has 8 nitrogen and oxygen atoms in total. The molecule has 1 aliphatic heterocycles. The quantitative estimate of drug-likeness (QED) is 0.143. The molecule has 42 heavy (non-hydrogen) atoms. The number of benzene rings is 3. The van der Waals surface area contributed by atoms with Crippen LogP contribution in [0.5, 0.6) is 0 Å². The number of hydrogen-bond acceptors (Lipinski definition) is 6. The molecule has 4 aromatic rings. The highest BCUT2D eigenvalue weighted by Crippen LogP contribution is 2.26. The molecule has 1 aromatic heterocycles. The molecule has 0 spiro atoms. The van der Waals surface area contributed by atoms with Crippen molar-refractivity contribution in [2.45, 2.75) is 31.1 Å². The summed E-state index contributed by atoms with van der Waals surface area (Å²) in [5, 5.41) is 6.88. The normalized spacial score (nSPS) is 15.0. The van der Waals surface area contributed by atoms with Crippen LogP contribution in [0.4, 0.5) is 16.3 Å². The molecule has 1 fully saturated rings. The van der Waals surface area contributed by atoms with Gasteiger partial charge in [-0.3, -0.25) is 4.79 Å². The van der Waals surface area contributed by atoms with Crippen molar-refractivity contribution in [2.75, 3.05) is 35.6 Å². The third-order valence-corrected chi connectivity index (χ3v) is 8.09. The maximum Gasteiger partial charge on any atom is 0.322 e. The average Bonchev–Trinajstić information content (AvgIpc) is 2.99. The van der Waals surface area contributed by atoms with Crippen molar-refractivity contribution in [3.05, 3.63) is 113 Å². The number of anilines is 2. The van der Waals surface area contributed by atoms with Crippen LogP contribution in [0.1, 0.15) is 29.7 Å². The summed E-state index contributed by atoms with van der Waals surface area (Å²) in [7, 11) is 0. The minimum Gasteiger partial charge on any atom is -0.353 e. The monoisotopic (exact) mass is 600 g/mol. The van der Waals surface area contributed by atoms with E-state index in [-0.39, 0.29) is 29.8 Å². The van der Waals surface area contributed by atoms with Crippen molar-refractivity contribution in [1.29, 1.82) is 0 Å². The highest BCUT2D eigenvalue weighted by molar-refractivity contribution is 7.99. The minimum atomic E-state index is -0.266. The van der Waals surface area contributed by atoms with Gasteiger partial charge in [-0.25, -0.2) is 14.8 Å². The van der Waals surface area contributed by atoms with E-state index >= 15 is 0 Å². The van der Waals surface area contributed by atoms with Crippen LogP contribution in [0, 0.1) is 6.92 Å². The number of urea groups is 1. The molecule has 0 saturated carbocycles. The number of aromatic nitrogens is 2. The molecule has 10 heteroatoms. The Morgan fingerprint density at radius 1 is 0.952 bits per heavy atom. The smallest absolute Gasteiger partial charge is 0.322 e. The van der Waals surface area contributed by atoms with Gasteiger partial charge in [-0.1, -0.05) is 96.2 Å². The van der Waals surface area contributed by atoms with Gasteiger partial charge < -0.3 is 20.4 Å². The molecule has 1 unspecified atom stereocenters. The van der Waals surface area contributed by atoms with E-state index in [0.29, 0.717) is 35.8 Å². The number of nitrogens with zero attached hydrogens (tertiary/aromatic N) is 4. The second kappa shape index (κ2) is 13.7. The summed E-state index contributed by atoms with van der Waals surface area (Å²) < 4.78 is 0. The fourth-order valence-electron chi connectivity index (χ4n) is 4.98. The number of nitrogens with one attached hydrogen (secondary N) is 2. The Labute approximate surface area is 255 Å². The van der Waals surface area contributed by atoms with Crippen LogP contribution >= 0.6 is 23.4 Å². The van der Waals surface area contributed by atoms with Crippen LogP contribution in [0.15, 0.2) is 96.2 Å². The van der Waals surface area contributed by atoms with Gasteiger partial charge in [0.05, 0.1) is 11.8 Å². The lowest BCUT2D eigenvalue weighted by atomic mass is 9.99. The first-order valence-corrected chi connectivity index (χ1v) is 15.2. The van der Waals surface area contributed by atoms with Crippen LogP contribution in [0.25, 0.3) is 0 Å². The lowest BCUT2D eigenvalue weighted by Crippen LogP contribution is -2.55. The van der Waals surface area contributed by atoms with E-state index in [4.69, 9.17) is 16.6 Å². The number of hydrogen-bond donors (Lipinski definition) is 2. The molecule has 0 radical (unpaired) electrons. The average molecular weight is 601 g/mol. The molecule has 1 aliphatic rings. The zero-order chi connectivity index (χ0) is 29.5. The zero-order valence-corrected chi connectivity index (χ0v) is 25.1. The van der Waals surface area contributed by atoms with Gasteiger partial charge in [-0.15, -0.1) is 0 Å². The largest absolute Gasteiger partial charge is 0.353 e. The molecular weight excluding hydrogens is 568 g/mol. The second-order valence-electron chi connectivity index (χ2n) is 10.2. The number of carbonyl (C=O) groups excluding carboxylic acids is 2. The van der Waals surface area contributed by atoms with Gasteiger partial charge in [0.1, 0.15) is 11.0 Å². The van der Waals surface area contributed by atoms with E-state index in [0.717, 1.165) is 22.4 Å². The first-order chi connectivity index (χ1) is 20.4. The lowest BCUT2D eigenvalue weighted by molar-refractivity contribution is -0.119. The molecular formula is C32H33ClN6O2S. The number of amides is 3. The van der Waals surface area contributed by atoms with E-state index < -0.39 is 0 Å². The maximum absolute atomic E-state index is 13.1. The number of aryl methyl sites for hydroxylation is 1. The minimum absolute atomic E-state index is 0.0490. The summed E-state index contributed by atoms with van der Waals surface area (Å²) >= 11 is 7.62. The Bertz CT molecular complexity index is 1480. The van der Waals surface area contributed by atoms with Gasteiger partial charge in [0, 0.05) is 37.4 Å². The first-order valence-electron chi connectivity index (χ1n) is 13.8. The molecule has 5 rings (SSSR count). The molecule has 0 aliphatic carbocycles. The van der Waals surface area contributed by atoms with E-state index in [1.54, 1.807) is 6.07 Å². The second-order valence-corrected chi connectivity index (χ2v) is 11.6. The number of thioether (sulfide) groups is 1. The van der Waals surface area contributed by atoms with Crippen molar-refractivity contribution in [3.63, 3.8) is 0 Å². The van der Waals surface area contributed by atoms with Gasteiger partial charge in [0.15, 0.2) is 5.16 Å². The molecule has 3 aromatic carbocycles. The fraction of sp³-hybridized carbons (Fsp3) is 0.250. The van der Waals surface area contributed by atoms with Crippen LogP contribution < -0.4 is 15.5 Å². The Kier molecular flexibility index (Phi) is 9.61. The van der Waals surface area contributed by atoms with Gasteiger partial charge in [-0.05, 0) is 42.7 Å². The SMILES string of the molecule is Cc1cccc(NC(=O)N2CCN(c3cc(Cl)nc(SCC(=O)NC(c4ccccc4)c4ccccc4)n3)CC2C)c1. The summed E-state index contributed by atoms with van der Waals surface area (Å²) in [5.74, 6) is 0.679. The molecule has 3 amide bonds. The van der Waals surface area contributed by atoms with Crippen molar-refractivity contribution in [2.24, 2.45) is 0 Å². The Balaban J connectivity index is 1.20. The van der Waals surface area contributed by atoms with Crippen LogP contribution in [0.2, 0.25) is 5.15 Å². The Hall–Kier alpha value is -4.08. The number of piperazine rings is 1. The highest BCUT2D eigenvalue weighted by atomic mass is 35.5. The molecule has 216 valence electrons. The van der Waals surface area contributed by atoms with Crippen LogP contribution in [-0.2, 0) is 4.79 Å². The topological polar surface area (TPSA) is 90.5 Å². The lowest BCUT2D eigenvalue weighted by Gasteiger charge is -2.40. The fourth-order valence-corrected chi connectivity index (χ4v) is 5.87. The summed E-state index contributed by atoms with van der Waals surface area (Å²) in [6, 6.07) is 28.8. The Morgan fingerprint density at radius 3 is 2.29 bits per heavy atom. The molecule has 0 bridgehead atoms. The maximum atomic E-state index is 13.1. The van der Waals surface area contributed by atoms with Gasteiger partial charge in [0.2, 0.25) is 5.91 Å². The van der Waals surface area contributed by atoms with Crippen LogP contribution in [0.3, 0.4) is 0 Å². The third kappa shape index (κ3) is 7.60. The number of carbonyl (C=O) groups is 2. The molecule has 1 atom stereocenters. The van der Waals surface area contributed by atoms with Crippen molar-refractivity contribution in [3.8, 4) is 0 Å². The van der Waals surface area contributed by atoms with Crippen LogP contribution in [-0.4, -0.2) is 58.2 Å². The standard InChI is InChI=1S/C32H33ClN6O2S/c1-22-10-9-15-26(18-22)34-32(41)39-17-16-38(20-23(39)2)28-19-27(33)35-31(36-28)42-21-29(40)37-30(24-11-5-3-6-12-24)25-13-7-4-8-14-25/h3-15,18-19,23,30H,16-17,20-21H2,1-2H3,(H,34,41)(H,37,40). The highest BCUT2D eigenvalue weighted by Gasteiger charge is 2.29. The van der Waals surface area contributed by atoms with Crippen molar-refractivity contribution >= 4 is 46.8 Å². The number of halogens is 1. The van der Waals surface area contributed by atoms with E-state index in [9.17, 15) is 9.59 Å². The Morgan fingerprint density at radius 2 is 1.64 bits per heavy atom. The van der Waals surface area contributed by atoms with Gasteiger partial charge in [-0.2, -0.15) is 0 Å². The molecule has 2 N–H and O–H groups in total. The van der Waals surface area contributed by atoms with E-state index in [2.05, 4.69) is 20.5 Å². The van der Waals surface area contributed by atoms with Crippen molar-refractivity contribution in [1.82, 2.24) is 20.2 Å². The summed E-state index contributed by atoms with van der Waals surface area (Å²) in [4.78, 5) is 39.0. The van der Waals surface area contributed by atoms with Crippen molar-refractivity contribution < 1.29 is 9.59 Å². The predicted octanol–water partition coefficient (Wildman–Crippen LogP) is 6.18. The molecule has 1 saturated heterocycles. The summed E-state index contributed by atoms with van der Waals surface area (Å²) in [6.07, 6.45) is 0. The van der Waals surface area contributed by atoms with E-state index in [1.807, 2.05) is 104 Å². The zero-order valence-electron chi connectivity index (χ0n) is 23.5. The number of rotatable bonds is 8. The predicted molar refractivity (Wildman–Crippen MR) is 169 cm³/mol. The van der Waals surface area contributed by atoms with Gasteiger partial charge >= 0.3 is 6.03 Å².